The Hall–Kier alpha value is -2.15. The molecule has 0 radical (unpaired) electrons. The van der Waals surface area contributed by atoms with Gasteiger partial charge in [0.15, 0.2) is 0 Å². The highest BCUT2D eigenvalue weighted by molar-refractivity contribution is 7.79. The molecule has 3 rings (SSSR count). The van der Waals surface area contributed by atoms with E-state index in [0.29, 0.717) is 30.1 Å². The Morgan fingerprint density at radius 1 is 1.23 bits per heavy atom. The van der Waals surface area contributed by atoms with Gasteiger partial charge in [0.05, 0.1) is 0 Å². The maximum atomic E-state index is 11.6. The highest BCUT2D eigenvalue weighted by atomic mass is 35.5. The molecule has 1 heterocycles. The molecule has 1 amide bonds. The Kier molecular flexibility index (Phi) is 5.76. The topological polar surface area (TPSA) is 86.5 Å². The number of benzene rings is 2. The fraction of sp³-hybridized carbons (Fsp3) is 0.211. The number of hydrogen-bond acceptors (Lipinski definition) is 4. The summed E-state index contributed by atoms with van der Waals surface area (Å²) >= 11 is 3.96. The smallest absolute Gasteiger partial charge is 0.248 e. The number of rotatable bonds is 6. The maximum Gasteiger partial charge on any atom is 0.248 e. The zero-order valence-corrected chi connectivity index (χ0v) is 15.6. The Labute approximate surface area is 159 Å². The van der Waals surface area contributed by atoms with Crippen LogP contribution in [0.25, 0.3) is 5.57 Å². The van der Waals surface area contributed by atoms with Gasteiger partial charge in [0, 0.05) is 41.2 Å². The van der Waals surface area contributed by atoms with Crippen LogP contribution in [0.2, 0.25) is 5.02 Å². The highest BCUT2D eigenvalue weighted by Crippen LogP contribution is 2.33. The molecule has 136 valence electrons. The first-order valence-electron chi connectivity index (χ1n) is 8.15. The van der Waals surface area contributed by atoms with Crippen molar-refractivity contribution in [1.82, 2.24) is 4.90 Å². The van der Waals surface area contributed by atoms with Gasteiger partial charge in [-0.2, -0.15) is 0 Å². The molecule has 7 heteroatoms. The van der Waals surface area contributed by atoms with E-state index in [1.807, 2.05) is 42.6 Å². The van der Waals surface area contributed by atoms with Gasteiger partial charge in [0.2, 0.25) is 5.91 Å². The van der Waals surface area contributed by atoms with Crippen LogP contribution in [0.4, 0.5) is 0 Å². The Bertz CT molecular complexity index is 881. The minimum absolute atomic E-state index is 0.133. The summed E-state index contributed by atoms with van der Waals surface area (Å²) in [5, 5.41) is 0.644. The van der Waals surface area contributed by atoms with E-state index in [9.17, 15) is 13.6 Å². The number of halogens is 1. The Balaban J connectivity index is 1.98. The second-order valence-corrected chi connectivity index (χ2v) is 7.57. The third-order valence-corrected chi connectivity index (χ3v) is 5.16. The average molecular weight is 390 g/mol. The number of primary amides is 1. The van der Waals surface area contributed by atoms with Crippen molar-refractivity contribution in [2.24, 2.45) is 5.73 Å². The molecule has 1 aliphatic heterocycles. The molecule has 0 aliphatic carbocycles. The molecule has 0 spiro atoms. The number of carbonyl (C=O) groups is 1. The van der Waals surface area contributed by atoms with E-state index in [4.69, 9.17) is 17.3 Å². The van der Waals surface area contributed by atoms with Crippen molar-refractivity contribution >= 4 is 34.2 Å². The SMILES string of the molecule is NC(=O)c1ccc2c(c1)C(c1ccc(Cl)cc1)=CN(CCCS(=O)[O-])C2. The van der Waals surface area contributed by atoms with Crippen molar-refractivity contribution in [3.05, 3.63) is 75.9 Å². The molecule has 0 aromatic heterocycles. The predicted octanol–water partition coefficient (Wildman–Crippen LogP) is 2.91. The third-order valence-electron chi connectivity index (χ3n) is 4.28. The highest BCUT2D eigenvalue weighted by Gasteiger charge is 2.20. The van der Waals surface area contributed by atoms with E-state index in [0.717, 1.165) is 22.3 Å². The predicted molar refractivity (Wildman–Crippen MR) is 102 cm³/mol. The fourth-order valence-corrected chi connectivity index (χ4v) is 3.51. The van der Waals surface area contributed by atoms with Crippen molar-refractivity contribution in [3.8, 4) is 0 Å². The summed E-state index contributed by atoms with van der Waals surface area (Å²) in [7, 11) is 0. The zero-order chi connectivity index (χ0) is 18.7. The minimum Gasteiger partial charge on any atom is -0.772 e. The van der Waals surface area contributed by atoms with Gasteiger partial charge in [-0.3, -0.25) is 9.00 Å². The molecule has 1 atom stereocenters. The monoisotopic (exact) mass is 389 g/mol. The van der Waals surface area contributed by atoms with Crippen LogP contribution in [0, 0.1) is 0 Å². The van der Waals surface area contributed by atoms with E-state index in [1.54, 1.807) is 6.07 Å². The molecule has 0 fully saturated rings. The van der Waals surface area contributed by atoms with Crippen LogP contribution in [0.5, 0.6) is 0 Å². The van der Waals surface area contributed by atoms with Crippen molar-refractivity contribution in [2.75, 3.05) is 12.3 Å². The minimum atomic E-state index is -2.03. The lowest BCUT2D eigenvalue weighted by Gasteiger charge is -2.29. The molecule has 5 nitrogen and oxygen atoms in total. The van der Waals surface area contributed by atoms with E-state index >= 15 is 0 Å². The van der Waals surface area contributed by atoms with Crippen molar-refractivity contribution in [1.29, 1.82) is 0 Å². The fourth-order valence-electron chi connectivity index (χ4n) is 3.02. The lowest BCUT2D eigenvalue weighted by molar-refractivity contribution is 0.1000. The standard InChI is InChI=1S/C19H19ClN2O3S/c20-16-6-4-13(5-7-16)18-12-22(8-1-9-26(24)25)11-15-3-2-14(19(21)23)10-17(15)18/h2-7,10,12H,1,8-9,11H2,(H2,21,23)(H,24,25)/p-1. The average Bonchev–Trinajstić information content (AvgIpc) is 2.61. The van der Waals surface area contributed by atoms with Gasteiger partial charge in [-0.1, -0.05) is 40.9 Å². The van der Waals surface area contributed by atoms with E-state index in [2.05, 4.69) is 4.90 Å². The molecule has 0 saturated heterocycles. The number of amides is 1. The summed E-state index contributed by atoms with van der Waals surface area (Å²) in [5.74, 6) is -0.336. The normalized spacial score (nSPS) is 14.5. The van der Waals surface area contributed by atoms with Crippen molar-refractivity contribution in [2.45, 2.75) is 13.0 Å². The summed E-state index contributed by atoms with van der Waals surface area (Å²) in [5.41, 5.74) is 9.82. The van der Waals surface area contributed by atoms with Gasteiger partial charge in [-0.05, 0) is 47.4 Å². The van der Waals surface area contributed by atoms with Crippen molar-refractivity contribution < 1.29 is 13.6 Å². The molecule has 0 bridgehead atoms. The van der Waals surface area contributed by atoms with Gasteiger partial charge >= 0.3 is 0 Å². The molecule has 2 aromatic rings. The second-order valence-electron chi connectivity index (χ2n) is 6.12. The van der Waals surface area contributed by atoms with E-state index < -0.39 is 17.0 Å². The Morgan fingerprint density at radius 2 is 1.96 bits per heavy atom. The molecule has 1 unspecified atom stereocenters. The van der Waals surface area contributed by atoms with Crippen LogP contribution >= 0.6 is 11.6 Å². The number of hydrogen-bond donors (Lipinski definition) is 1. The zero-order valence-electron chi connectivity index (χ0n) is 14.0. The molecule has 2 N–H and O–H groups in total. The second kappa shape index (κ2) is 8.03. The summed E-state index contributed by atoms with van der Waals surface area (Å²) < 4.78 is 21.5. The molecular formula is C19H18ClN2O3S-. The van der Waals surface area contributed by atoms with Gasteiger partial charge < -0.3 is 15.2 Å². The first-order valence-corrected chi connectivity index (χ1v) is 9.77. The first kappa shape index (κ1) is 18.6. The van der Waals surface area contributed by atoms with Crippen molar-refractivity contribution in [3.63, 3.8) is 0 Å². The molecular weight excluding hydrogens is 372 g/mol. The Morgan fingerprint density at radius 3 is 2.62 bits per heavy atom. The molecule has 26 heavy (non-hydrogen) atoms. The summed E-state index contributed by atoms with van der Waals surface area (Å²) in [6.45, 7) is 1.28. The molecule has 0 saturated carbocycles. The quantitative estimate of drug-likeness (QED) is 0.769. The van der Waals surface area contributed by atoms with Crippen LogP contribution in [-0.2, 0) is 17.6 Å². The van der Waals surface area contributed by atoms with Gasteiger partial charge in [0.1, 0.15) is 0 Å². The molecule has 2 aromatic carbocycles. The summed E-state index contributed by atoms with van der Waals surface area (Å²) in [6.07, 6.45) is 2.55. The number of carbonyl (C=O) groups excluding carboxylic acids is 1. The van der Waals surface area contributed by atoms with E-state index in [1.165, 1.54) is 0 Å². The van der Waals surface area contributed by atoms with E-state index in [-0.39, 0.29) is 5.75 Å². The van der Waals surface area contributed by atoms with Crippen LogP contribution in [-0.4, -0.2) is 31.9 Å². The largest absolute Gasteiger partial charge is 0.772 e. The van der Waals surface area contributed by atoms with Gasteiger partial charge in [-0.25, -0.2) is 0 Å². The third kappa shape index (κ3) is 4.33. The summed E-state index contributed by atoms with van der Waals surface area (Å²) in [6, 6.07) is 12.9. The van der Waals surface area contributed by atoms with Gasteiger partial charge in [0.25, 0.3) is 0 Å². The lowest BCUT2D eigenvalue weighted by Crippen LogP contribution is -2.24. The number of nitrogens with two attached hydrogens (primary N) is 1. The maximum absolute atomic E-state index is 11.6. The van der Waals surface area contributed by atoms with Crippen LogP contribution < -0.4 is 5.73 Å². The number of fused-ring (bicyclic) bond motifs is 1. The van der Waals surface area contributed by atoms with Crippen LogP contribution in [0.15, 0.2) is 48.7 Å². The van der Waals surface area contributed by atoms with Gasteiger partial charge in [-0.15, -0.1) is 0 Å². The summed E-state index contributed by atoms with van der Waals surface area (Å²) in [4.78, 5) is 13.6. The van der Waals surface area contributed by atoms with Crippen LogP contribution in [0.1, 0.15) is 33.5 Å². The lowest BCUT2D eigenvalue weighted by atomic mass is 9.90. The van der Waals surface area contributed by atoms with Crippen LogP contribution in [0.3, 0.4) is 0 Å². The first-order chi connectivity index (χ1) is 12.4. The number of nitrogens with zero attached hydrogens (tertiary/aromatic N) is 1. The molecule has 1 aliphatic rings.